The van der Waals surface area contributed by atoms with Crippen LogP contribution in [0.15, 0.2) is 22.9 Å². The molecule has 1 aliphatic rings. The highest BCUT2D eigenvalue weighted by atomic mass is 16.5. The first-order valence-corrected chi connectivity index (χ1v) is 7.80. The molecule has 1 N–H and O–H groups in total. The Bertz CT molecular complexity index is 590. The molecule has 0 amide bonds. The lowest BCUT2D eigenvalue weighted by Gasteiger charge is -2.27. The summed E-state index contributed by atoms with van der Waals surface area (Å²) >= 11 is 0. The molecule has 2 aromatic rings. The Morgan fingerprint density at radius 1 is 1.45 bits per heavy atom. The highest BCUT2D eigenvalue weighted by Crippen LogP contribution is 2.24. The van der Waals surface area contributed by atoms with Crippen molar-refractivity contribution in [2.75, 3.05) is 20.2 Å². The van der Waals surface area contributed by atoms with E-state index in [1.807, 2.05) is 6.07 Å². The minimum absolute atomic E-state index is 0.537. The van der Waals surface area contributed by atoms with Gasteiger partial charge in [-0.2, -0.15) is 4.98 Å². The van der Waals surface area contributed by atoms with Gasteiger partial charge in [0, 0.05) is 24.2 Å². The summed E-state index contributed by atoms with van der Waals surface area (Å²) in [5, 5.41) is 7.51. The predicted molar refractivity (Wildman–Crippen MR) is 82.5 cm³/mol. The van der Waals surface area contributed by atoms with Crippen LogP contribution in [0.25, 0.3) is 11.4 Å². The molecule has 2 aromatic heterocycles. The van der Waals surface area contributed by atoms with Gasteiger partial charge in [-0.3, -0.25) is 0 Å². The summed E-state index contributed by atoms with van der Waals surface area (Å²) in [5.74, 6) is 3.08. The lowest BCUT2D eigenvalue weighted by Crippen LogP contribution is -2.33. The smallest absolute Gasteiger partial charge is 0.227 e. The second kappa shape index (κ2) is 6.87. The molecule has 6 nitrogen and oxygen atoms in total. The van der Waals surface area contributed by atoms with Crippen LogP contribution in [-0.4, -0.2) is 35.3 Å². The average molecular weight is 302 g/mol. The van der Waals surface area contributed by atoms with Crippen molar-refractivity contribution in [1.82, 2.24) is 20.4 Å². The number of rotatable bonds is 5. The van der Waals surface area contributed by atoms with Crippen LogP contribution in [-0.2, 0) is 6.42 Å². The predicted octanol–water partition coefficient (Wildman–Crippen LogP) is 2.32. The number of hydrogen-bond donors (Lipinski definition) is 1. The topological polar surface area (TPSA) is 73.1 Å². The van der Waals surface area contributed by atoms with Gasteiger partial charge in [-0.1, -0.05) is 12.1 Å². The van der Waals surface area contributed by atoms with Crippen LogP contribution >= 0.6 is 0 Å². The van der Waals surface area contributed by atoms with Crippen molar-refractivity contribution in [3.05, 3.63) is 24.2 Å². The highest BCUT2D eigenvalue weighted by Gasteiger charge is 2.22. The van der Waals surface area contributed by atoms with Crippen LogP contribution in [0.1, 0.15) is 25.7 Å². The zero-order valence-corrected chi connectivity index (χ0v) is 13.1. The lowest BCUT2D eigenvalue weighted by atomic mass is 9.85. The number of hydrogen-bond acceptors (Lipinski definition) is 6. The normalized spacial score (nSPS) is 19.8. The van der Waals surface area contributed by atoms with Crippen molar-refractivity contribution in [1.29, 1.82) is 0 Å². The number of methoxy groups -OCH3 is 1. The average Bonchev–Trinajstić information content (AvgIpc) is 3.04. The van der Waals surface area contributed by atoms with Gasteiger partial charge >= 0.3 is 0 Å². The Morgan fingerprint density at radius 2 is 2.36 bits per heavy atom. The van der Waals surface area contributed by atoms with E-state index in [-0.39, 0.29) is 0 Å². The molecule has 2 atom stereocenters. The quantitative estimate of drug-likeness (QED) is 0.913. The summed E-state index contributed by atoms with van der Waals surface area (Å²) in [5.41, 5.74) is 0.836. The molecule has 22 heavy (non-hydrogen) atoms. The van der Waals surface area contributed by atoms with E-state index in [9.17, 15) is 0 Å². The first-order valence-electron chi connectivity index (χ1n) is 7.80. The maximum atomic E-state index is 5.40. The third-order valence-corrected chi connectivity index (χ3v) is 4.31. The van der Waals surface area contributed by atoms with E-state index in [4.69, 9.17) is 9.26 Å². The van der Waals surface area contributed by atoms with E-state index < -0.39 is 0 Å². The summed E-state index contributed by atoms with van der Waals surface area (Å²) in [6.45, 7) is 4.49. The highest BCUT2D eigenvalue weighted by molar-refractivity contribution is 5.52. The molecular formula is C16H22N4O2. The second-order valence-corrected chi connectivity index (χ2v) is 5.89. The van der Waals surface area contributed by atoms with Gasteiger partial charge in [0.2, 0.25) is 17.6 Å². The van der Waals surface area contributed by atoms with Crippen molar-refractivity contribution >= 4 is 0 Å². The van der Waals surface area contributed by atoms with Crippen LogP contribution in [0.4, 0.5) is 0 Å². The van der Waals surface area contributed by atoms with Crippen LogP contribution in [0.2, 0.25) is 0 Å². The SMILES string of the molecule is COc1ccc(-c2noc(CC(C)C3CCCNC3)n2)cn1. The fourth-order valence-electron chi connectivity index (χ4n) is 2.89. The van der Waals surface area contributed by atoms with Gasteiger partial charge in [-0.05, 0) is 43.8 Å². The number of ether oxygens (including phenoxy) is 1. The molecule has 2 unspecified atom stereocenters. The van der Waals surface area contributed by atoms with E-state index in [2.05, 4.69) is 27.4 Å². The van der Waals surface area contributed by atoms with Crippen LogP contribution in [0, 0.1) is 11.8 Å². The Balaban J connectivity index is 1.64. The van der Waals surface area contributed by atoms with Crippen LogP contribution < -0.4 is 10.1 Å². The minimum atomic E-state index is 0.537. The number of piperidine rings is 1. The van der Waals surface area contributed by atoms with Crippen molar-refractivity contribution in [3.8, 4) is 17.3 Å². The van der Waals surface area contributed by atoms with Crippen molar-refractivity contribution in [2.24, 2.45) is 11.8 Å². The second-order valence-electron chi connectivity index (χ2n) is 5.89. The molecule has 1 fully saturated rings. The molecule has 0 aromatic carbocycles. The number of nitrogens with one attached hydrogen (secondary N) is 1. The lowest BCUT2D eigenvalue weighted by molar-refractivity contribution is 0.257. The number of aromatic nitrogens is 3. The van der Waals surface area contributed by atoms with E-state index in [0.29, 0.717) is 29.4 Å². The van der Waals surface area contributed by atoms with Crippen molar-refractivity contribution in [2.45, 2.75) is 26.2 Å². The van der Waals surface area contributed by atoms with Gasteiger partial charge in [-0.15, -0.1) is 0 Å². The summed E-state index contributed by atoms with van der Waals surface area (Å²) in [4.78, 5) is 8.66. The molecule has 1 saturated heterocycles. The Hall–Kier alpha value is -1.95. The summed E-state index contributed by atoms with van der Waals surface area (Å²) in [6, 6.07) is 3.68. The standard InChI is InChI=1S/C16H22N4O2/c1-11(12-4-3-7-17-9-12)8-15-19-16(20-22-15)13-5-6-14(21-2)18-10-13/h5-6,10-12,17H,3-4,7-9H2,1-2H3. The Kier molecular flexibility index (Phi) is 4.68. The molecule has 0 saturated carbocycles. The van der Waals surface area contributed by atoms with Gasteiger partial charge in [0.15, 0.2) is 0 Å². The first kappa shape index (κ1) is 15.0. The molecule has 1 aliphatic heterocycles. The van der Waals surface area contributed by atoms with Crippen LogP contribution in [0.3, 0.4) is 0 Å². The summed E-state index contributed by atoms with van der Waals surface area (Å²) < 4.78 is 10.4. The maximum Gasteiger partial charge on any atom is 0.227 e. The van der Waals surface area contributed by atoms with E-state index in [1.165, 1.54) is 12.8 Å². The largest absolute Gasteiger partial charge is 0.481 e. The third-order valence-electron chi connectivity index (χ3n) is 4.31. The Morgan fingerprint density at radius 3 is 3.05 bits per heavy atom. The molecule has 3 rings (SSSR count). The molecule has 118 valence electrons. The summed E-state index contributed by atoms with van der Waals surface area (Å²) in [7, 11) is 1.59. The number of nitrogens with zero attached hydrogens (tertiary/aromatic N) is 3. The van der Waals surface area contributed by atoms with Crippen LogP contribution in [0.5, 0.6) is 5.88 Å². The van der Waals surface area contributed by atoms with Gasteiger partial charge in [0.25, 0.3) is 0 Å². The minimum Gasteiger partial charge on any atom is -0.481 e. The molecule has 3 heterocycles. The molecule has 0 aliphatic carbocycles. The first-order chi connectivity index (χ1) is 10.8. The Labute approximate surface area is 130 Å². The van der Waals surface area contributed by atoms with Gasteiger partial charge in [0.05, 0.1) is 7.11 Å². The molecule has 6 heteroatoms. The molecular weight excluding hydrogens is 280 g/mol. The summed E-state index contributed by atoms with van der Waals surface area (Å²) in [6.07, 6.45) is 5.05. The fraction of sp³-hybridized carbons (Fsp3) is 0.562. The third kappa shape index (κ3) is 3.44. The van der Waals surface area contributed by atoms with E-state index >= 15 is 0 Å². The van der Waals surface area contributed by atoms with E-state index in [1.54, 1.807) is 19.4 Å². The fourth-order valence-corrected chi connectivity index (χ4v) is 2.89. The number of pyridine rings is 1. The zero-order chi connectivity index (χ0) is 15.4. The van der Waals surface area contributed by atoms with Gasteiger partial charge in [0.1, 0.15) is 0 Å². The molecule has 0 radical (unpaired) electrons. The van der Waals surface area contributed by atoms with E-state index in [0.717, 1.165) is 25.1 Å². The monoisotopic (exact) mass is 302 g/mol. The zero-order valence-electron chi connectivity index (χ0n) is 13.1. The van der Waals surface area contributed by atoms with Crippen molar-refractivity contribution in [3.63, 3.8) is 0 Å². The van der Waals surface area contributed by atoms with Crippen molar-refractivity contribution < 1.29 is 9.26 Å². The molecule has 0 bridgehead atoms. The van der Waals surface area contributed by atoms with Gasteiger partial charge < -0.3 is 14.6 Å². The van der Waals surface area contributed by atoms with Gasteiger partial charge in [-0.25, -0.2) is 4.98 Å². The maximum absolute atomic E-state index is 5.40. The molecule has 0 spiro atoms.